The minimum absolute atomic E-state index is 0.337. The second-order valence-electron chi connectivity index (χ2n) is 4.98. The maximum Gasteiger partial charge on any atom is 0.0220 e. The van der Waals surface area contributed by atoms with Crippen molar-refractivity contribution in [1.29, 1.82) is 0 Å². The van der Waals surface area contributed by atoms with Crippen molar-refractivity contribution in [2.24, 2.45) is 5.73 Å². The molecule has 0 bridgehead atoms. The van der Waals surface area contributed by atoms with Gasteiger partial charge in [0.05, 0.1) is 0 Å². The van der Waals surface area contributed by atoms with Gasteiger partial charge in [0.25, 0.3) is 0 Å². The van der Waals surface area contributed by atoms with Crippen LogP contribution in [0.3, 0.4) is 0 Å². The van der Waals surface area contributed by atoms with Gasteiger partial charge in [0.2, 0.25) is 0 Å². The van der Waals surface area contributed by atoms with Crippen molar-refractivity contribution < 1.29 is 0 Å². The van der Waals surface area contributed by atoms with E-state index in [9.17, 15) is 0 Å². The van der Waals surface area contributed by atoms with Crippen LogP contribution in [0.5, 0.6) is 0 Å². The topological polar surface area (TPSA) is 32.5 Å². The summed E-state index contributed by atoms with van der Waals surface area (Å²) in [6.07, 6.45) is 3.68. The third-order valence-electron chi connectivity index (χ3n) is 3.37. The molecule has 0 aliphatic carbocycles. The molecule has 0 spiro atoms. The average molecular weight is 213 g/mol. The first-order valence-electron chi connectivity index (χ1n) is 6.31. The number of nitrogens with zero attached hydrogens (tertiary/aromatic N) is 2. The van der Waals surface area contributed by atoms with Crippen molar-refractivity contribution in [3.05, 3.63) is 0 Å². The molecule has 1 aliphatic rings. The third-order valence-corrected chi connectivity index (χ3v) is 3.37. The Hall–Kier alpha value is -0.120. The Morgan fingerprint density at radius 3 is 2.73 bits per heavy atom. The van der Waals surface area contributed by atoms with Gasteiger partial charge in [-0.05, 0) is 52.9 Å². The second-order valence-corrected chi connectivity index (χ2v) is 4.98. The van der Waals surface area contributed by atoms with Crippen LogP contribution in [0.1, 0.15) is 33.1 Å². The van der Waals surface area contributed by atoms with Gasteiger partial charge in [0.15, 0.2) is 0 Å². The molecule has 0 amide bonds. The quantitative estimate of drug-likeness (QED) is 0.760. The van der Waals surface area contributed by atoms with E-state index in [1.54, 1.807) is 0 Å². The maximum absolute atomic E-state index is 5.83. The summed E-state index contributed by atoms with van der Waals surface area (Å²) in [5.74, 6) is 0. The van der Waals surface area contributed by atoms with Crippen LogP contribution in [-0.4, -0.2) is 55.1 Å². The summed E-state index contributed by atoms with van der Waals surface area (Å²) in [6.45, 7) is 9.27. The second kappa shape index (κ2) is 6.46. The Kier molecular flexibility index (Phi) is 5.58. The van der Waals surface area contributed by atoms with Crippen LogP contribution in [-0.2, 0) is 0 Å². The molecule has 0 aromatic carbocycles. The normalized spacial score (nSPS) is 27.6. The van der Waals surface area contributed by atoms with Gasteiger partial charge in [0.1, 0.15) is 0 Å². The molecule has 2 atom stereocenters. The first-order chi connectivity index (χ1) is 7.13. The maximum atomic E-state index is 5.83. The van der Waals surface area contributed by atoms with E-state index in [1.165, 1.54) is 39.0 Å². The van der Waals surface area contributed by atoms with Crippen molar-refractivity contribution in [2.75, 3.05) is 33.2 Å². The van der Waals surface area contributed by atoms with Crippen LogP contribution in [0.15, 0.2) is 0 Å². The lowest BCUT2D eigenvalue weighted by molar-refractivity contribution is 0.179. The van der Waals surface area contributed by atoms with E-state index in [2.05, 4.69) is 30.7 Å². The molecule has 1 saturated heterocycles. The van der Waals surface area contributed by atoms with Gasteiger partial charge < -0.3 is 10.6 Å². The van der Waals surface area contributed by atoms with Crippen LogP contribution in [0.25, 0.3) is 0 Å². The Bertz CT molecular complexity index is 170. The predicted octanol–water partition coefficient (Wildman–Crippen LogP) is 1.14. The largest absolute Gasteiger partial charge is 0.328 e. The molecular formula is C12H27N3. The smallest absolute Gasteiger partial charge is 0.0220 e. The molecular weight excluding hydrogens is 186 g/mol. The van der Waals surface area contributed by atoms with E-state index in [-0.39, 0.29) is 0 Å². The number of likely N-dealkylation sites (N-methyl/N-ethyl adjacent to an activating group) is 1. The van der Waals surface area contributed by atoms with E-state index in [1.807, 2.05) is 0 Å². The van der Waals surface area contributed by atoms with Gasteiger partial charge in [-0.15, -0.1) is 0 Å². The highest BCUT2D eigenvalue weighted by Gasteiger charge is 2.21. The van der Waals surface area contributed by atoms with Crippen LogP contribution < -0.4 is 5.73 Å². The van der Waals surface area contributed by atoms with Gasteiger partial charge in [-0.2, -0.15) is 0 Å². The zero-order chi connectivity index (χ0) is 11.3. The summed E-state index contributed by atoms with van der Waals surface area (Å²) in [6, 6.07) is 1.07. The molecule has 15 heavy (non-hydrogen) atoms. The van der Waals surface area contributed by atoms with E-state index < -0.39 is 0 Å². The molecule has 2 unspecified atom stereocenters. The molecule has 0 aromatic heterocycles. The van der Waals surface area contributed by atoms with Gasteiger partial charge in [-0.1, -0.05) is 6.92 Å². The van der Waals surface area contributed by atoms with Gasteiger partial charge in [-0.3, -0.25) is 4.90 Å². The summed E-state index contributed by atoms with van der Waals surface area (Å²) in [4.78, 5) is 5.09. The zero-order valence-corrected chi connectivity index (χ0v) is 10.6. The lowest BCUT2D eigenvalue weighted by atomic mass is 10.1. The van der Waals surface area contributed by atoms with Crippen LogP contribution in [0.4, 0.5) is 0 Å². The highest BCUT2D eigenvalue weighted by molar-refractivity contribution is 4.78. The van der Waals surface area contributed by atoms with E-state index >= 15 is 0 Å². The SMILES string of the molecule is CCC1CN(C)CCCN1CCC(C)N. The van der Waals surface area contributed by atoms with Gasteiger partial charge in [-0.25, -0.2) is 0 Å². The third kappa shape index (κ3) is 4.49. The van der Waals surface area contributed by atoms with Crippen LogP contribution in [0.2, 0.25) is 0 Å². The van der Waals surface area contributed by atoms with Crippen LogP contribution in [0, 0.1) is 0 Å². The molecule has 1 fully saturated rings. The molecule has 3 heteroatoms. The number of hydrogen-bond acceptors (Lipinski definition) is 3. The molecule has 1 aliphatic heterocycles. The molecule has 90 valence electrons. The zero-order valence-electron chi connectivity index (χ0n) is 10.6. The Morgan fingerprint density at radius 1 is 1.40 bits per heavy atom. The van der Waals surface area contributed by atoms with E-state index in [4.69, 9.17) is 5.73 Å². The van der Waals surface area contributed by atoms with Crippen LogP contribution >= 0.6 is 0 Å². The highest BCUT2D eigenvalue weighted by atomic mass is 15.2. The Balaban J connectivity index is 2.43. The molecule has 0 saturated carbocycles. The van der Waals surface area contributed by atoms with E-state index in [0.29, 0.717) is 6.04 Å². The standard InChI is InChI=1S/C12H27N3/c1-4-12-10-14(3)7-5-8-15(12)9-6-11(2)13/h11-12H,4-10,13H2,1-3H3. The molecule has 1 rings (SSSR count). The molecule has 0 aromatic rings. The van der Waals surface area contributed by atoms with Crippen molar-refractivity contribution >= 4 is 0 Å². The first kappa shape index (κ1) is 12.9. The summed E-state index contributed by atoms with van der Waals surface area (Å²) in [5.41, 5.74) is 5.83. The van der Waals surface area contributed by atoms with Crippen molar-refractivity contribution in [1.82, 2.24) is 9.80 Å². The molecule has 2 N–H and O–H groups in total. The lowest BCUT2D eigenvalue weighted by Gasteiger charge is -2.30. The number of nitrogens with two attached hydrogens (primary N) is 1. The summed E-state index contributed by atoms with van der Waals surface area (Å²) < 4.78 is 0. The number of hydrogen-bond donors (Lipinski definition) is 1. The van der Waals surface area contributed by atoms with Crippen molar-refractivity contribution in [3.63, 3.8) is 0 Å². The van der Waals surface area contributed by atoms with Crippen molar-refractivity contribution in [3.8, 4) is 0 Å². The minimum Gasteiger partial charge on any atom is -0.328 e. The van der Waals surface area contributed by atoms with Gasteiger partial charge in [0, 0.05) is 18.6 Å². The molecule has 1 heterocycles. The Morgan fingerprint density at radius 2 is 2.13 bits per heavy atom. The average Bonchev–Trinajstić information content (AvgIpc) is 2.36. The summed E-state index contributed by atoms with van der Waals surface area (Å²) in [5, 5.41) is 0. The fourth-order valence-corrected chi connectivity index (χ4v) is 2.34. The fraction of sp³-hybridized carbons (Fsp3) is 1.00. The first-order valence-corrected chi connectivity index (χ1v) is 6.31. The molecule has 3 nitrogen and oxygen atoms in total. The minimum atomic E-state index is 0.337. The molecule has 0 radical (unpaired) electrons. The van der Waals surface area contributed by atoms with Crippen molar-refractivity contribution in [2.45, 2.75) is 45.2 Å². The Labute approximate surface area is 94.6 Å². The van der Waals surface area contributed by atoms with Gasteiger partial charge >= 0.3 is 0 Å². The lowest BCUT2D eigenvalue weighted by Crippen LogP contribution is -2.41. The highest BCUT2D eigenvalue weighted by Crippen LogP contribution is 2.12. The number of rotatable bonds is 4. The monoisotopic (exact) mass is 213 g/mol. The fourth-order valence-electron chi connectivity index (χ4n) is 2.34. The van der Waals surface area contributed by atoms with E-state index in [0.717, 1.165) is 12.5 Å². The summed E-state index contributed by atoms with van der Waals surface area (Å²) >= 11 is 0. The predicted molar refractivity (Wildman–Crippen MR) is 66.0 cm³/mol. The summed E-state index contributed by atoms with van der Waals surface area (Å²) in [7, 11) is 2.23.